The lowest BCUT2D eigenvalue weighted by Crippen LogP contribution is -2.34. The molecule has 6 nitrogen and oxygen atoms in total. The Morgan fingerprint density at radius 3 is 2.31 bits per heavy atom. The minimum Gasteiger partial charge on any atom is -0.309 e. The topological polar surface area (TPSA) is 70.6 Å². The average Bonchev–Trinajstić information content (AvgIpc) is 3.20. The SMILES string of the molecule is CCS(=O)(=O)c1ccccc1C(=O)N(CCCN(C)C)c1nc2c(C)ccc(C)c2s1.Cl. The van der Waals surface area contributed by atoms with Crippen LogP contribution >= 0.6 is 23.7 Å². The highest BCUT2D eigenvalue weighted by atomic mass is 35.5. The van der Waals surface area contributed by atoms with Gasteiger partial charge >= 0.3 is 0 Å². The number of nitrogens with zero attached hydrogens (tertiary/aromatic N) is 3. The van der Waals surface area contributed by atoms with Crippen LogP contribution in [0.2, 0.25) is 0 Å². The zero-order valence-electron chi connectivity index (χ0n) is 19.1. The maximum atomic E-state index is 13.7. The summed E-state index contributed by atoms with van der Waals surface area (Å²) >= 11 is 1.48. The Labute approximate surface area is 200 Å². The first-order valence-electron chi connectivity index (χ1n) is 10.3. The lowest BCUT2D eigenvalue weighted by Gasteiger charge is -2.22. The number of halogens is 1. The Bertz CT molecular complexity index is 1170. The third-order valence-electron chi connectivity index (χ3n) is 5.23. The van der Waals surface area contributed by atoms with Crippen molar-refractivity contribution < 1.29 is 13.2 Å². The molecule has 9 heteroatoms. The van der Waals surface area contributed by atoms with Crippen LogP contribution in [-0.4, -0.2) is 57.1 Å². The number of aryl methyl sites for hydroxylation is 2. The van der Waals surface area contributed by atoms with Gasteiger partial charge in [-0.25, -0.2) is 13.4 Å². The molecule has 3 rings (SSSR count). The predicted octanol–water partition coefficient (Wildman–Crippen LogP) is 4.73. The highest BCUT2D eigenvalue weighted by Gasteiger charge is 2.27. The van der Waals surface area contributed by atoms with Crippen LogP contribution in [0.4, 0.5) is 5.13 Å². The minimum atomic E-state index is -3.53. The van der Waals surface area contributed by atoms with E-state index in [9.17, 15) is 13.2 Å². The molecule has 0 spiro atoms. The number of aromatic nitrogens is 1. The van der Waals surface area contributed by atoms with Gasteiger partial charge in [0.25, 0.3) is 5.91 Å². The van der Waals surface area contributed by atoms with Gasteiger partial charge in [-0.15, -0.1) is 12.4 Å². The normalized spacial score (nSPS) is 11.6. The van der Waals surface area contributed by atoms with E-state index in [2.05, 4.69) is 11.0 Å². The quantitative estimate of drug-likeness (QED) is 0.452. The number of hydrogen-bond donors (Lipinski definition) is 0. The number of carbonyl (C=O) groups is 1. The van der Waals surface area contributed by atoms with Crippen LogP contribution in [0.5, 0.6) is 0 Å². The number of anilines is 1. The first-order chi connectivity index (χ1) is 14.7. The first kappa shape index (κ1) is 26.3. The fraction of sp³-hybridized carbons (Fsp3) is 0.391. The number of sulfone groups is 1. The third kappa shape index (κ3) is 5.49. The van der Waals surface area contributed by atoms with Crippen LogP contribution in [-0.2, 0) is 9.84 Å². The van der Waals surface area contributed by atoms with Gasteiger partial charge in [-0.2, -0.15) is 0 Å². The molecule has 0 aliphatic rings. The first-order valence-corrected chi connectivity index (χ1v) is 12.8. The van der Waals surface area contributed by atoms with E-state index in [0.717, 1.165) is 34.3 Å². The molecule has 1 heterocycles. The van der Waals surface area contributed by atoms with Crippen LogP contribution < -0.4 is 4.90 Å². The van der Waals surface area contributed by atoms with Crippen molar-refractivity contribution in [1.29, 1.82) is 0 Å². The molecule has 3 aromatic rings. The van der Waals surface area contributed by atoms with E-state index in [1.165, 1.54) is 17.4 Å². The maximum absolute atomic E-state index is 13.7. The lowest BCUT2D eigenvalue weighted by molar-refractivity contribution is 0.0983. The van der Waals surface area contributed by atoms with E-state index < -0.39 is 9.84 Å². The van der Waals surface area contributed by atoms with Gasteiger partial charge in [-0.3, -0.25) is 9.69 Å². The maximum Gasteiger partial charge on any atom is 0.261 e. The van der Waals surface area contributed by atoms with Crippen molar-refractivity contribution in [2.45, 2.75) is 32.1 Å². The number of amides is 1. The molecule has 1 aromatic heterocycles. The molecule has 0 radical (unpaired) electrons. The number of benzene rings is 2. The molecular weight excluding hydrogens is 466 g/mol. The molecule has 0 aliphatic heterocycles. The van der Waals surface area contributed by atoms with Crippen molar-refractivity contribution in [2.24, 2.45) is 0 Å². The summed E-state index contributed by atoms with van der Waals surface area (Å²) in [6.07, 6.45) is 0.745. The smallest absolute Gasteiger partial charge is 0.261 e. The van der Waals surface area contributed by atoms with Gasteiger partial charge in [0.05, 0.1) is 26.4 Å². The summed E-state index contributed by atoms with van der Waals surface area (Å²) < 4.78 is 26.3. The number of carbonyl (C=O) groups excluding carboxylic acids is 1. The molecule has 174 valence electrons. The number of thiazole rings is 1. The average molecular weight is 496 g/mol. The Balaban J connectivity index is 0.00000363. The Morgan fingerprint density at radius 2 is 1.69 bits per heavy atom. The van der Waals surface area contributed by atoms with Gasteiger partial charge < -0.3 is 4.90 Å². The molecule has 0 unspecified atom stereocenters. The summed E-state index contributed by atoms with van der Waals surface area (Å²) in [5, 5.41) is 0.597. The number of fused-ring (bicyclic) bond motifs is 1. The van der Waals surface area contributed by atoms with E-state index in [1.54, 1.807) is 30.0 Å². The van der Waals surface area contributed by atoms with Crippen LogP contribution in [0.1, 0.15) is 34.8 Å². The summed E-state index contributed by atoms with van der Waals surface area (Å²) in [4.78, 5) is 22.2. The zero-order chi connectivity index (χ0) is 22.8. The van der Waals surface area contributed by atoms with Gasteiger partial charge in [0.2, 0.25) is 0 Å². The monoisotopic (exact) mass is 495 g/mol. The van der Waals surface area contributed by atoms with E-state index >= 15 is 0 Å². The molecule has 2 aromatic carbocycles. The molecule has 32 heavy (non-hydrogen) atoms. The van der Waals surface area contributed by atoms with E-state index in [1.807, 2.05) is 34.0 Å². The van der Waals surface area contributed by atoms with Gasteiger partial charge in [0.15, 0.2) is 15.0 Å². The van der Waals surface area contributed by atoms with Crippen LogP contribution in [0.25, 0.3) is 10.2 Å². The molecule has 0 saturated carbocycles. The Hall–Kier alpha value is -2.00. The summed E-state index contributed by atoms with van der Waals surface area (Å²) in [6.45, 7) is 6.89. The van der Waals surface area contributed by atoms with Crippen LogP contribution in [0.15, 0.2) is 41.3 Å². The second-order valence-corrected chi connectivity index (χ2v) is 11.1. The summed E-state index contributed by atoms with van der Waals surface area (Å²) in [5.41, 5.74) is 3.25. The fourth-order valence-electron chi connectivity index (χ4n) is 3.41. The summed E-state index contributed by atoms with van der Waals surface area (Å²) in [7, 11) is 0.437. The van der Waals surface area contributed by atoms with Crippen molar-refractivity contribution in [3.05, 3.63) is 53.1 Å². The van der Waals surface area contributed by atoms with Crippen molar-refractivity contribution in [2.75, 3.05) is 37.8 Å². The van der Waals surface area contributed by atoms with Crippen LogP contribution in [0, 0.1) is 13.8 Å². The molecule has 0 saturated heterocycles. The zero-order valence-corrected chi connectivity index (χ0v) is 21.5. The van der Waals surface area contributed by atoms with Gasteiger partial charge in [0.1, 0.15) is 0 Å². The molecule has 0 bridgehead atoms. The van der Waals surface area contributed by atoms with E-state index in [0.29, 0.717) is 11.7 Å². The van der Waals surface area contributed by atoms with Crippen molar-refractivity contribution in [1.82, 2.24) is 9.88 Å². The van der Waals surface area contributed by atoms with Crippen molar-refractivity contribution >= 4 is 54.8 Å². The third-order valence-corrected chi connectivity index (χ3v) is 8.23. The van der Waals surface area contributed by atoms with E-state index in [4.69, 9.17) is 4.98 Å². The molecule has 0 fully saturated rings. The van der Waals surface area contributed by atoms with Crippen molar-refractivity contribution in [3.8, 4) is 0 Å². The second-order valence-electron chi connectivity index (χ2n) is 7.89. The Morgan fingerprint density at radius 1 is 1.03 bits per heavy atom. The minimum absolute atomic E-state index is 0. The molecule has 0 aliphatic carbocycles. The molecule has 0 atom stereocenters. The highest BCUT2D eigenvalue weighted by Crippen LogP contribution is 2.34. The number of rotatable bonds is 8. The van der Waals surface area contributed by atoms with Gasteiger partial charge in [-0.1, -0.05) is 42.5 Å². The molecule has 1 amide bonds. The largest absolute Gasteiger partial charge is 0.309 e. The Kier molecular flexibility index (Phi) is 8.82. The molecule has 0 N–H and O–H groups in total. The standard InChI is InChI=1S/C23H29N3O3S2.ClH/c1-6-31(28,29)19-11-8-7-10-18(19)22(27)26(15-9-14-25(4)5)23-24-20-16(2)12-13-17(3)21(20)30-23;/h7-8,10-13H,6,9,14-15H2,1-5H3;1H. The van der Waals surface area contributed by atoms with Gasteiger partial charge in [-0.05, 0) is 64.2 Å². The van der Waals surface area contributed by atoms with Crippen molar-refractivity contribution in [3.63, 3.8) is 0 Å². The second kappa shape index (κ2) is 10.7. The summed E-state index contributed by atoms with van der Waals surface area (Å²) in [6, 6.07) is 10.5. The predicted molar refractivity (Wildman–Crippen MR) is 135 cm³/mol. The highest BCUT2D eigenvalue weighted by molar-refractivity contribution is 7.91. The molecular formula is C23H30ClN3O3S2. The van der Waals surface area contributed by atoms with E-state index in [-0.39, 0.29) is 34.5 Å². The number of hydrogen-bond acceptors (Lipinski definition) is 6. The lowest BCUT2D eigenvalue weighted by atomic mass is 10.1. The summed E-state index contributed by atoms with van der Waals surface area (Å²) in [5.74, 6) is -0.391. The fourth-order valence-corrected chi connectivity index (χ4v) is 5.63. The van der Waals surface area contributed by atoms with Gasteiger partial charge in [0, 0.05) is 6.54 Å². The van der Waals surface area contributed by atoms with Crippen LogP contribution in [0.3, 0.4) is 0 Å².